The normalized spacial score (nSPS) is 10.5. The molecule has 5 nitrogen and oxygen atoms in total. The van der Waals surface area contributed by atoms with Gasteiger partial charge in [-0.2, -0.15) is 0 Å². The molecule has 0 aliphatic carbocycles. The molecular formula is C18H27NO4. The van der Waals surface area contributed by atoms with Gasteiger partial charge in [0.15, 0.2) is 6.29 Å². The molecule has 0 N–H and O–H groups in total. The molecule has 0 bridgehead atoms. The summed E-state index contributed by atoms with van der Waals surface area (Å²) >= 11 is 0. The lowest BCUT2D eigenvalue weighted by atomic mass is 10.1. The molecule has 0 radical (unpaired) electrons. The van der Waals surface area contributed by atoms with Crippen LogP contribution in [-0.2, 0) is 0 Å². The highest BCUT2D eigenvalue weighted by Gasteiger charge is 2.11. The molecule has 23 heavy (non-hydrogen) atoms. The van der Waals surface area contributed by atoms with Gasteiger partial charge in [0.2, 0.25) is 0 Å². The summed E-state index contributed by atoms with van der Waals surface area (Å²) in [4.78, 5) is 21.1. The lowest BCUT2D eigenvalue weighted by molar-refractivity contribution is -0.384. The molecule has 0 fully saturated rings. The second kappa shape index (κ2) is 11.6. The molecular weight excluding hydrogens is 294 g/mol. The zero-order valence-corrected chi connectivity index (χ0v) is 14.0. The summed E-state index contributed by atoms with van der Waals surface area (Å²) in [7, 11) is 0. The Balaban J connectivity index is 2.18. The van der Waals surface area contributed by atoms with Crippen molar-refractivity contribution >= 4 is 12.0 Å². The number of hydrogen-bond donors (Lipinski definition) is 0. The van der Waals surface area contributed by atoms with Crippen molar-refractivity contribution in [2.45, 2.75) is 64.7 Å². The summed E-state index contributed by atoms with van der Waals surface area (Å²) in [6.07, 6.45) is 11.7. The van der Waals surface area contributed by atoms with E-state index in [1.807, 2.05) is 0 Å². The fraction of sp³-hybridized carbons (Fsp3) is 0.611. The number of aldehydes is 1. The maximum absolute atomic E-state index is 11.0. The van der Waals surface area contributed by atoms with E-state index >= 15 is 0 Å². The summed E-state index contributed by atoms with van der Waals surface area (Å²) < 4.78 is 5.57. The van der Waals surface area contributed by atoms with Crippen molar-refractivity contribution in [3.63, 3.8) is 0 Å². The van der Waals surface area contributed by atoms with Gasteiger partial charge in [0.1, 0.15) is 5.75 Å². The number of unbranched alkanes of at least 4 members (excludes halogenated alkanes) is 8. The zero-order chi connectivity index (χ0) is 16.9. The summed E-state index contributed by atoms with van der Waals surface area (Å²) in [5.41, 5.74) is 0.137. The molecule has 0 heterocycles. The molecule has 0 aromatic heterocycles. The van der Waals surface area contributed by atoms with Crippen molar-refractivity contribution in [3.8, 4) is 5.75 Å². The van der Waals surface area contributed by atoms with E-state index in [2.05, 4.69) is 6.92 Å². The Hall–Kier alpha value is -1.91. The van der Waals surface area contributed by atoms with Crippen molar-refractivity contribution in [2.75, 3.05) is 6.61 Å². The van der Waals surface area contributed by atoms with Crippen LogP contribution in [-0.4, -0.2) is 17.8 Å². The number of nitrogens with zero attached hydrogens (tertiary/aromatic N) is 1. The Labute approximate surface area is 138 Å². The minimum Gasteiger partial charge on any atom is -0.493 e. The molecule has 1 aromatic carbocycles. The van der Waals surface area contributed by atoms with Crippen LogP contribution in [0.25, 0.3) is 0 Å². The van der Waals surface area contributed by atoms with E-state index in [9.17, 15) is 14.9 Å². The average Bonchev–Trinajstić information content (AvgIpc) is 2.56. The van der Waals surface area contributed by atoms with Gasteiger partial charge in [-0.1, -0.05) is 58.3 Å². The maximum Gasteiger partial charge on any atom is 0.270 e. The van der Waals surface area contributed by atoms with Crippen LogP contribution in [0.2, 0.25) is 0 Å². The SMILES string of the molecule is CCCCCCCCCCCOc1ccc([N+](=O)[O-])cc1C=O. The van der Waals surface area contributed by atoms with Crippen molar-refractivity contribution in [3.05, 3.63) is 33.9 Å². The molecule has 0 atom stereocenters. The molecule has 0 aliphatic rings. The number of ether oxygens (including phenoxy) is 1. The first-order chi connectivity index (χ1) is 11.2. The van der Waals surface area contributed by atoms with Gasteiger partial charge in [0.25, 0.3) is 5.69 Å². The third-order valence-corrected chi connectivity index (χ3v) is 3.84. The molecule has 128 valence electrons. The van der Waals surface area contributed by atoms with Gasteiger partial charge in [0.05, 0.1) is 17.1 Å². The third kappa shape index (κ3) is 7.77. The second-order valence-corrected chi connectivity index (χ2v) is 5.77. The van der Waals surface area contributed by atoms with Gasteiger partial charge in [-0.3, -0.25) is 14.9 Å². The zero-order valence-electron chi connectivity index (χ0n) is 14.0. The Morgan fingerprint density at radius 1 is 1.04 bits per heavy atom. The Morgan fingerprint density at radius 2 is 1.65 bits per heavy atom. The van der Waals surface area contributed by atoms with Gasteiger partial charge >= 0.3 is 0 Å². The van der Waals surface area contributed by atoms with E-state index in [0.717, 1.165) is 12.8 Å². The minimum atomic E-state index is -0.517. The van der Waals surface area contributed by atoms with Crippen molar-refractivity contribution in [2.24, 2.45) is 0 Å². The number of carbonyl (C=O) groups is 1. The Bertz CT molecular complexity index is 488. The highest BCUT2D eigenvalue weighted by atomic mass is 16.6. The van der Waals surface area contributed by atoms with Crippen LogP contribution in [0, 0.1) is 10.1 Å². The predicted molar refractivity (Wildman–Crippen MR) is 91.2 cm³/mol. The number of non-ortho nitro benzene ring substituents is 1. The quantitative estimate of drug-likeness (QED) is 0.213. The lowest BCUT2D eigenvalue weighted by Gasteiger charge is -2.08. The number of nitro benzene ring substituents is 1. The molecule has 0 aliphatic heterocycles. The highest BCUT2D eigenvalue weighted by molar-refractivity contribution is 5.80. The standard InChI is InChI=1S/C18H27NO4/c1-2-3-4-5-6-7-8-9-10-13-23-18-12-11-17(19(21)22)14-16(18)15-20/h11-12,14-15H,2-10,13H2,1H3. The smallest absolute Gasteiger partial charge is 0.270 e. The summed E-state index contributed by atoms with van der Waals surface area (Å²) in [6.45, 7) is 2.76. The third-order valence-electron chi connectivity index (χ3n) is 3.84. The first kappa shape index (κ1) is 19.1. The van der Waals surface area contributed by atoms with E-state index in [-0.39, 0.29) is 11.3 Å². The summed E-state index contributed by atoms with van der Waals surface area (Å²) in [5.74, 6) is 0.421. The summed E-state index contributed by atoms with van der Waals surface area (Å²) in [5, 5.41) is 10.7. The van der Waals surface area contributed by atoms with E-state index in [1.165, 1.54) is 63.1 Å². The van der Waals surface area contributed by atoms with Gasteiger partial charge in [-0.05, 0) is 12.5 Å². The van der Waals surface area contributed by atoms with Gasteiger partial charge in [0, 0.05) is 12.1 Å². The Morgan fingerprint density at radius 3 is 2.22 bits per heavy atom. The molecule has 0 saturated heterocycles. The second-order valence-electron chi connectivity index (χ2n) is 5.77. The molecule has 0 amide bonds. The van der Waals surface area contributed by atoms with E-state index < -0.39 is 4.92 Å². The summed E-state index contributed by atoms with van der Waals surface area (Å²) in [6, 6.07) is 4.10. The van der Waals surface area contributed by atoms with Gasteiger partial charge < -0.3 is 4.74 Å². The average molecular weight is 321 g/mol. The predicted octanol–water partition coefficient (Wildman–Crippen LogP) is 5.32. The van der Waals surface area contributed by atoms with Crippen molar-refractivity contribution < 1.29 is 14.5 Å². The van der Waals surface area contributed by atoms with Crippen LogP contribution >= 0.6 is 0 Å². The van der Waals surface area contributed by atoms with Crippen LogP contribution in [0.5, 0.6) is 5.75 Å². The fourth-order valence-electron chi connectivity index (χ4n) is 2.47. The topological polar surface area (TPSA) is 69.4 Å². The Kier molecular flexibility index (Phi) is 9.68. The molecule has 0 unspecified atom stereocenters. The molecule has 5 heteroatoms. The minimum absolute atomic E-state index is 0.0949. The number of benzene rings is 1. The molecule has 0 saturated carbocycles. The molecule has 0 spiro atoms. The largest absolute Gasteiger partial charge is 0.493 e. The van der Waals surface area contributed by atoms with Crippen molar-refractivity contribution in [1.29, 1.82) is 0 Å². The number of carbonyl (C=O) groups excluding carboxylic acids is 1. The van der Waals surface area contributed by atoms with Gasteiger partial charge in [-0.25, -0.2) is 0 Å². The first-order valence-corrected chi connectivity index (χ1v) is 8.55. The van der Waals surface area contributed by atoms with Crippen LogP contribution < -0.4 is 4.74 Å². The van der Waals surface area contributed by atoms with Crippen LogP contribution in [0.4, 0.5) is 5.69 Å². The van der Waals surface area contributed by atoms with Crippen LogP contribution in [0.3, 0.4) is 0 Å². The fourth-order valence-corrected chi connectivity index (χ4v) is 2.47. The lowest BCUT2D eigenvalue weighted by Crippen LogP contribution is -2.01. The van der Waals surface area contributed by atoms with E-state index in [0.29, 0.717) is 18.6 Å². The van der Waals surface area contributed by atoms with Crippen LogP contribution in [0.15, 0.2) is 18.2 Å². The van der Waals surface area contributed by atoms with Gasteiger partial charge in [-0.15, -0.1) is 0 Å². The number of hydrogen-bond acceptors (Lipinski definition) is 4. The molecule has 1 rings (SSSR count). The van der Waals surface area contributed by atoms with E-state index in [1.54, 1.807) is 0 Å². The molecule has 1 aromatic rings. The number of rotatable bonds is 13. The first-order valence-electron chi connectivity index (χ1n) is 8.55. The highest BCUT2D eigenvalue weighted by Crippen LogP contribution is 2.23. The number of nitro groups is 1. The van der Waals surface area contributed by atoms with Crippen LogP contribution in [0.1, 0.15) is 75.1 Å². The van der Waals surface area contributed by atoms with E-state index in [4.69, 9.17) is 4.74 Å². The van der Waals surface area contributed by atoms with Crippen molar-refractivity contribution in [1.82, 2.24) is 0 Å². The monoisotopic (exact) mass is 321 g/mol. The maximum atomic E-state index is 11.0.